The van der Waals surface area contributed by atoms with Crippen molar-refractivity contribution >= 4 is 15.9 Å². The minimum Gasteiger partial charge on any atom is -0.295 e. The normalized spacial score (nSPS) is 17.1. The third-order valence-electron chi connectivity index (χ3n) is 3.85. The summed E-state index contributed by atoms with van der Waals surface area (Å²) >= 11 is 3.44. The molecule has 0 heterocycles. The van der Waals surface area contributed by atoms with Gasteiger partial charge in [0.25, 0.3) is 0 Å². The zero-order valence-electron chi connectivity index (χ0n) is 11.3. The van der Waals surface area contributed by atoms with E-state index in [-0.39, 0.29) is 0 Å². The summed E-state index contributed by atoms with van der Waals surface area (Å²) in [5.41, 5.74) is 0.188. The van der Waals surface area contributed by atoms with Crippen LogP contribution >= 0.6 is 15.9 Å². The van der Waals surface area contributed by atoms with Crippen LogP contribution in [0, 0.1) is 0 Å². The van der Waals surface area contributed by atoms with Gasteiger partial charge in [0.05, 0.1) is 5.56 Å². The molecule has 1 aromatic carbocycles. The summed E-state index contributed by atoms with van der Waals surface area (Å²) in [7, 11) is 0. The lowest BCUT2D eigenvalue weighted by molar-refractivity contribution is -0.137. The van der Waals surface area contributed by atoms with Crippen molar-refractivity contribution in [3.8, 4) is 0 Å². The van der Waals surface area contributed by atoms with Gasteiger partial charge in [-0.15, -0.1) is 0 Å². The fraction of sp³-hybridized carbons (Fsp3) is 0.600. The van der Waals surface area contributed by atoms with Crippen LogP contribution in [0.3, 0.4) is 0 Å². The predicted octanol–water partition coefficient (Wildman–Crippen LogP) is 4.84. The van der Waals surface area contributed by atoms with Crippen molar-refractivity contribution in [1.82, 2.24) is 4.90 Å². The van der Waals surface area contributed by atoms with Crippen LogP contribution in [0.4, 0.5) is 13.2 Å². The van der Waals surface area contributed by atoms with Crippen molar-refractivity contribution in [3.05, 3.63) is 35.4 Å². The minimum absolute atomic E-state index is 0.516. The molecule has 1 nitrogen and oxygen atoms in total. The molecule has 0 amide bonds. The Labute approximate surface area is 126 Å². The highest BCUT2D eigenvalue weighted by Crippen LogP contribution is 2.30. The highest BCUT2D eigenvalue weighted by atomic mass is 79.9. The first-order valence-electron chi connectivity index (χ1n) is 6.97. The van der Waals surface area contributed by atoms with Crippen LogP contribution in [0.25, 0.3) is 0 Å². The molecule has 112 valence electrons. The Kier molecular flexibility index (Phi) is 5.49. The molecule has 1 saturated carbocycles. The summed E-state index contributed by atoms with van der Waals surface area (Å²) in [6.07, 6.45) is 0.514. The fourth-order valence-electron chi connectivity index (χ4n) is 2.85. The lowest BCUT2D eigenvalue weighted by atomic mass is 10.1. The van der Waals surface area contributed by atoms with Crippen LogP contribution < -0.4 is 0 Å². The van der Waals surface area contributed by atoms with E-state index in [1.165, 1.54) is 25.0 Å². The second-order valence-corrected chi connectivity index (χ2v) is 6.09. The second kappa shape index (κ2) is 6.94. The molecule has 1 aliphatic carbocycles. The van der Waals surface area contributed by atoms with Crippen molar-refractivity contribution < 1.29 is 13.2 Å². The number of nitrogens with zero attached hydrogens (tertiary/aromatic N) is 1. The zero-order valence-corrected chi connectivity index (χ0v) is 12.9. The standard InChI is InChI=1S/C15H19BrF3N/c16-8-9-20(14-6-1-2-7-14)11-12-4-3-5-13(10-12)15(17,18)19/h3-5,10,14H,1-2,6-9,11H2. The van der Waals surface area contributed by atoms with E-state index in [9.17, 15) is 13.2 Å². The SMILES string of the molecule is FC(F)(F)c1cccc(CN(CCBr)C2CCCC2)c1. The molecule has 0 spiro atoms. The maximum atomic E-state index is 12.7. The van der Waals surface area contributed by atoms with Gasteiger partial charge in [0, 0.05) is 24.5 Å². The summed E-state index contributed by atoms with van der Waals surface area (Å²) < 4.78 is 38.2. The van der Waals surface area contributed by atoms with Crippen molar-refractivity contribution in [2.45, 2.75) is 44.4 Å². The van der Waals surface area contributed by atoms with E-state index >= 15 is 0 Å². The summed E-state index contributed by atoms with van der Waals surface area (Å²) in [5, 5.41) is 0.850. The molecule has 0 aliphatic heterocycles. The van der Waals surface area contributed by atoms with E-state index in [0.29, 0.717) is 12.6 Å². The Morgan fingerprint density at radius 2 is 1.90 bits per heavy atom. The minimum atomic E-state index is -4.26. The predicted molar refractivity (Wildman–Crippen MR) is 77.9 cm³/mol. The van der Waals surface area contributed by atoms with Crippen LogP contribution in [0.1, 0.15) is 36.8 Å². The lowest BCUT2D eigenvalue weighted by Crippen LogP contribution is -2.34. The Balaban J connectivity index is 2.09. The van der Waals surface area contributed by atoms with E-state index in [1.54, 1.807) is 6.07 Å². The summed E-state index contributed by atoms with van der Waals surface area (Å²) in [5.74, 6) is 0. The van der Waals surface area contributed by atoms with Gasteiger partial charge in [-0.2, -0.15) is 13.2 Å². The van der Waals surface area contributed by atoms with Crippen molar-refractivity contribution in [1.29, 1.82) is 0 Å². The number of hydrogen-bond acceptors (Lipinski definition) is 1. The van der Waals surface area contributed by atoms with Crippen molar-refractivity contribution in [3.63, 3.8) is 0 Å². The Bertz CT molecular complexity index is 427. The largest absolute Gasteiger partial charge is 0.416 e. The first-order chi connectivity index (χ1) is 9.50. The third-order valence-corrected chi connectivity index (χ3v) is 4.21. The monoisotopic (exact) mass is 349 g/mol. The van der Waals surface area contributed by atoms with Crippen LogP contribution in [-0.4, -0.2) is 22.8 Å². The van der Waals surface area contributed by atoms with E-state index in [2.05, 4.69) is 20.8 Å². The topological polar surface area (TPSA) is 3.24 Å². The molecular formula is C15H19BrF3N. The first-order valence-corrected chi connectivity index (χ1v) is 8.09. The third kappa shape index (κ3) is 4.22. The smallest absolute Gasteiger partial charge is 0.295 e. The summed E-state index contributed by atoms with van der Waals surface area (Å²) in [4.78, 5) is 2.30. The molecule has 1 aromatic rings. The van der Waals surface area contributed by atoms with Gasteiger partial charge in [-0.05, 0) is 24.5 Å². The van der Waals surface area contributed by atoms with Crippen LogP contribution in [-0.2, 0) is 12.7 Å². The average Bonchev–Trinajstić information content (AvgIpc) is 2.91. The van der Waals surface area contributed by atoms with Crippen molar-refractivity contribution in [2.75, 3.05) is 11.9 Å². The second-order valence-electron chi connectivity index (χ2n) is 5.30. The molecule has 20 heavy (non-hydrogen) atoms. The van der Waals surface area contributed by atoms with E-state index < -0.39 is 11.7 Å². The van der Waals surface area contributed by atoms with Crippen LogP contribution in [0.5, 0.6) is 0 Å². The highest BCUT2D eigenvalue weighted by molar-refractivity contribution is 9.09. The molecule has 0 unspecified atom stereocenters. The Morgan fingerprint density at radius 3 is 2.50 bits per heavy atom. The number of rotatable bonds is 5. The Hall–Kier alpha value is -0.550. The molecule has 1 fully saturated rings. The summed E-state index contributed by atoms with van der Waals surface area (Å²) in [6, 6.07) is 6.20. The molecule has 0 bridgehead atoms. The van der Waals surface area contributed by atoms with E-state index in [4.69, 9.17) is 0 Å². The van der Waals surface area contributed by atoms with Crippen LogP contribution in [0.15, 0.2) is 24.3 Å². The molecule has 1 aliphatic rings. The van der Waals surface area contributed by atoms with Gasteiger partial charge in [-0.1, -0.05) is 47.0 Å². The van der Waals surface area contributed by atoms with E-state index in [0.717, 1.165) is 36.3 Å². The first kappa shape index (κ1) is 15.8. The van der Waals surface area contributed by atoms with E-state index in [1.807, 2.05) is 0 Å². The fourth-order valence-corrected chi connectivity index (χ4v) is 3.30. The molecule has 0 radical (unpaired) electrons. The highest BCUT2D eigenvalue weighted by Gasteiger charge is 2.30. The molecular weight excluding hydrogens is 331 g/mol. The van der Waals surface area contributed by atoms with Gasteiger partial charge in [0.1, 0.15) is 0 Å². The molecule has 5 heteroatoms. The number of benzene rings is 1. The molecule has 0 aromatic heterocycles. The molecule has 0 saturated heterocycles. The summed E-state index contributed by atoms with van der Waals surface area (Å²) in [6.45, 7) is 1.47. The van der Waals surface area contributed by atoms with Gasteiger partial charge in [0.2, 0.25) is 0 Å². The van der Waals surface area contributed by atoms with Crippen LogP contribution in [0.2, 0.25) is 0 Å². The van der Waals surface area contributed by atoms with Gasteiger partial charge in [0.15, 0.2) is 0 Å². The number of hydrogen-bond donors (Lipinski definition) is 0. The number of halogens is 4. The molecule has 0 N–H and O–H groups in total. The Morgan fingerprint density at radius 1 is 1.20 bits per heavy atom. The van der Waals surface area contributed by atoms with Gasteiger partial charge in [-0.25, -0.2) is 0 Å². The molecule has 2 rings (SSSR count). The molecule has 0 atom stereocenters. The average molecular weight is 350 g/mol. The number of alkyl halides is 4. The van der Waals surface area contributed by atoms with Gasteiger partial charge in [-0.3, -0.25) is 4.90 Å². The zero-order chi connectivity index (χ0) is 14.6. The van der Waals surface area contributed by atoms with Crippen molar-refractivity contribution in [2.24, 2.45) is 0 Å². The maximum Gasteiger partial charge on any atom is 0.416 e. The van der Waals surface area contributed by atoms with Gasteiger partial charge < -0.3 is 0 Å². The lowest BCUT2D eigenvalue weighted by Gasteiger charge is -2.28. The van der Waals surface area contributed by atoms with Gasteiger partial charge >= 0.3 is 6.18 Å². The quantitative estimate of drug-likeness (QED) is 0.687. The maximum absolute atomic E-state index is 12.7.